The summed E-state index contributed by atoms with van der Waals surface area (Å²) in [7, 11) is 0. The van der Waals surface area contributed by atoms with Crippen LogP contribution in [0.3, 0.4) is 0 Å². The van der Waals surface area contributed by atoms with E-state index in [9.17, 15) is 9.59 Å². The number of rotatable bonds is 3. The molecule has 3 aliphatic heterocycles. The lowest BCUT2D eigenvalue weighted by atomic mass is 9.92. The van der Waals surface area contributed by atoms with Crippen molar-refractivity contribution in [3.63, 3.8) is 0 Å². The van der Waals surface area contributed by atoms with Crippen LogP contribution in [0.25, 0.3) is 0 Å². The summed E-state index contributed by atoms with van der Waals surface area (Å²) in [6.45, 7) is 6.22. The zero-order valence-electron chi connectivity index (χ0n) is 17.1. The molecule has 1 N–H and O–H groups in total. The number of carbonyl (C=O) groups is 2. The smallest absolute Gasteiger partial charge is 0.321 e. The molecule has 0 saturated carbocycles. The molecule has 0 radical (unpaired) electrons. The SMILES string of the molecule is O=C(Nc1ccccc1)N1CCC(N2CCCC(C(=O)N3CCOCC3)C2)CC1. The monoisotopic (exact) mass is 400 g/mol. The Morgan fingerprint density at radius 3 is 2.34 bits per heavy atom. The van der Waals surface area contributed by atoms with E-state index < -0.39 is 0 Å². The third-order valence-corrected chi connectivity index (χ3v) is 6.42. The van der Waals surface area contributed by atoms with Crippen molar-refractivity contribution in [2.45, 2.75) is 31.7 Å². The first kappa shape index (κ1) is 20.2. The normalized spacial score (nSPS) is 24.3. The number of benzene rings is 1. The van der Waals surface area contributed by atoms with Crippen molar-refractivity contribution in [1.82, 2.24) is 14.7 Å². The Kier molecular flexibility index (Phi) is 6.67. The van der Waals surface area contributed by atoms with Gasteiger partial charge in [-0.1, -0.05) is 18.2 Å². The lowest BCUT2D eigenvalue weighted by molar-refractivity contribution is -0.141. The van der Waals surface area contributed by atoms with Gasteiger partial charge in [-0.15, -0.1) is 0 Å². The van der Waals surface area contributed by atoms with Gasteiger partial charge < -0.3 is 19.9 Å². The second-order valence-electron chi connectivity index (χ2n) is 8.29. The average Bonchev–Trinajstić information content (AvgIpc) is 2.80. The molecule has 0 bridgehead atoms. The van der Waals surface area contributed by atoms with Gasteiger partial charge in [-0.05, 0) is 44.4 Å². The summed E-state index contributed by atoms with van der Waals surface area (Å²) in [5.41, 5.74) is 0.833. The van der Waals surface area contributed by atoms with Gasteiger partial charge in [0.2, 0.25) is 5.91 Å². The molecule has 1 aromatic rings. The maximum absolute atomic E-state index is 12.9. The summed E-state index contributed by atoms with van der Waals surface area (Å²) in [5.74, 6) is 0.416. The van der Waals surface area contributed by atoms with Crippen LogP contribution in [0.5, 0.6) is 0 Å². The largest absolute Gasteiger partial charge is 0.378 e. The highest BCUT2D eigenvalue weighted by Gasteiger charge is 2.34. The molecule has 1 atom stereocenters. The number of hydrogen-bond acceptors (Lipinski definition) is 4. The second kappa shape index (κ2) is 9.59. The first-order valence-electron chi connectivity index (χ1n) is 10.9. The number of urea groups is 1. The zero-order chi connectivity index (χ0) is 20.1. The number of amides is 3. The maximum Gasteiger partial charge on any atom is 0.321 e. The van der Waals surface area contributed by atoms with Gasteiger partial charge in [0.05, 0.1) is 19.1 Å². The zero-order valence-corrected chi connectivity index (χ0v) is 17.1. The predicted octanol–water partition coefficient (Wildman–Crippen LogP) is 2.25. The highest BCUT2D eigenvalue weighted by atomic mass is 16.5. The van der Waals surface area contributed by atoms with E-state index in [-0.39, 0.29) is 11.9 Å². The number of nitrogens with one attached hydrogen (secondary N) is 1. The van der Waals surface area contributed by atoms with Crippen molar-refractivity contribution in [3.8, 4) is 0 Å². The van der Waals surface area contributed by atoms with E-state index in [0.717, 1.165) is 70.6 Å². The molecule has 158 valence electrons. The van der Waals surface area contributed by atoms with Crippen LogP contribution >= 0.6 is 0 Å². The third-order valence-electron chi connectivity index (χ3n) is 6.42. The number of likely N-dealkylation sites (tertiary alicyclic amines) is 2. The number of ether oxygens (including phenoxy) is 1. The quantitative estimate of drug-likeness (QED) is 0.845. The Bertz CT molecular complexity index is 685. The lowest BCUT2D eigenvalue weighted by Gasteiger charge is -2.43. The maximum atomic E-state index is 12.9. The van der Waals surface area contributed by atoms with E-state index in [2.05, 4.69) is 10.2 Å². The van der Waals surface area contributed by atoms with Crippen LogP contribution in [0, 0.1) is 5.92 Å². The molecule has 3 fully saturated rings. The molecule has 0 aliphatic carbocycles. The van der Waals surface area contributed by atoms with Gasteiger partial charge in [-0.25, -0.2) is 4.79 Å². The minimum atomic E-state index is -0.0198. The van der Waals surface area contributed by atoms with Gasteiger partial charge in [0, 0.05) is 44.5 Å². The molecule has 3 amide bonds. The Balaban J connectivity index is 1.25. The van der Waals surface area contributed by atoms with Crippen molar-refractivity contribution in [2.24, 2.45) is 5.92 Å². The topological polar surface area (TPSA) is 65.1 Å². The molecule has 1 unspecified atom stereocenters. The molecule has 3 saturated heterocycles. The van der Waals surface area contributed by atoms with E-state index in [1.807, 2.05) is 40.1 Å². The Labute approximate surface area is 173 Å². The first-order valence-corrected chi connectivity index (χ1v) is 10.9. The van der Waals surface area contributed by atoms with E-state index in [0.29, 0.717) is 25.2 Å². The molecule has 7 heteroatoms. The summed E-state index contributed by atoms with van der Waals surface area (Å²) in [4.78, 5) is 31.8. The number of nitrogens with zero attached hydrogens (tertiary/aromatic N) is 3. The molecule has 0 spiro atoms. The van der Waals surface area contributed by atoms with Gasteiger partial charge in [0.1, 0.15) is 0 Å². The van der Waals surface area contributed by atoms with Crippen molar-refractivity contribution in [3.05, 3.63) is 30.3 Å². The van der Waals surface area contributed by atoms with E-state index >= 15 is 0 Å². The Morgan fingerprint density at radius 2 is 1.62 bits per heavy atom. The van der Waals surface area contributed by atoms with E-state index in [1.165, 1.54) is 0 Å². The van der Waals surface area contributed by atoms with Crippen LogP contribution in [-0.4, -0.2) is 85.2 Å². The molecular formula is C22H32N4O3. The number of carbonyl (C=O) groups excluding carboxylic acids is 2. The Hall–Kier alpha value is -2.12. The van der Waals surface area contributed by atoms with Crippen LogP contribution in [0.1, 0.15) is 25.7 Å². The lowest BCUT2D eigenvalue weighted by Crippen LogP contribution is -2.53. The standard InChI is InChI=1S/C22H32N4O3/c27-21(24-13-15-29-16-14-24)18-5-4-10-26(17-18)20-8-11-25(12-9-20)22(28)23-19-6-2-1-3-7-19/h1-3,6-7,18,20H,4-5,8-17H2,(H,23,28). The highest BCUT2D eigenvalue weighted by Crippen LogP contribution is 2.25. The number of morpholine rings is 1. The van der Waals surface area contributed by atoms with E-state index in [4.69, 9.17) is 4.74 Å². The number of anilines is 1. The molecule has 3 aliphatic rings. The molecule has 0 aromatic heterocycles. The summed E-state index contributed by atoms with van der Waals surface area (Å²) in [6.07, 6.45) is 4.02. The average molecular weight is 401 g/mol. The van der Waals surface area contributed by atoms with Gasteiger partial charge in [-0.2, -0.15) is 0 Å². The minimum Gasteiger partial charge on any atom is -0.378 e. The van der Waals surface area contributed by atoms with Gasteiger partial charge in [-0.3, -0.25) is 9.69 Å². The van der Waals surface area contributed by atoms with Crippen LogP contribution in [0.4, 0.5) is 10.5 Å². The van der Waals surface area contributed by atoms with Crippen LogP contribution < -0.4 is 5.32 Å². The molecule has 3 heterocycles. The summed E-state index contributed by atoms with van der Waals surface area (Å²) in [5, 5.41) is 2.98. The fourth-order valence-electron chi connectivity index (χ4n) is 4.74. The van der Waals surface area contributed by atoms with Crippen LogP contribution in [-0.2, 0) is 9.53 Å². The van der Waals surface area contributed by atoms with Crippen molar-refractivity contribution >= 4 is 17.6 Å². The van der Waals surface area contributed by atoms with Crippen molar-refractivity contribution in [2.75, 3.05) is 57.8 Å². The van der Waals surface area contributed by atoms with Crippen LogP contribution in [0.2, 0.25) is 0 Å². The summed E-state index contributed by atoms with van der Waals surface area (Å²) in [6, 6.07) is 10.1. The number of hydrogen-bond donors (Lipinski definition) is 1. The minimum absolute atomic E-state index is 0.0198. The van der Waals surface area contributed by atoms with Crippen LogP contribution in [0.15, 0.2) is 30.3 Å². The van der Waals surface area contributed by atoms with Crippen molar-refractivity contribution in [1.29, 1.82) is 0 Å². The predicted molar refractivity (Wildman–Crippen MR) is 112 cm³/mol. The highest BCUT2D eigenvalue weighted by molar-refractivity contribution is 5.89. The first-order chi connectivity index (χ1) is 14.2. The van der Waals surface area contributed by atoms with Gasteiger partial charge >= 0.3 is 6.03 Å². The number of para-hydroxylation sites is 1. The fourth-order valence-corrected chi connectivity index (χ4v) is 4.74. The molecule has 1 aromatic carbocycles. The molecular weight excluding hydrogens is 368 g/mol. The number of piperidine rings is 2. The third kappa shape index (κ3) is 5.08. The van der Waals surface area contributed by atoms with E-state index in [1.54, 1.807) is 0 Å². The summed E-state index contributed by atoms with van der Waals surface area (Å²) >= 11 is 0. The molecule has 29 heavy (non-hydrogen) atoms. The second-order valence-corrected chi connectivity index (χ2v) is 8.29. The van der Waals surface area contributed by atoms with Crippen molar-refractivity contribution < 1.29 is 14.3 Å². The molecule has 7 nitrogen and oxygen atoms in total. The van der Waals surface area contributed by atoms with Gasteiger partial charge in [0.15, 0.2) is 0 Å². The fraction of sp³-hybridized carbons (Fsp3) is 0.636. The van der Waals surface area contributed by atoms with Gasteiger partial charge in [0.25, 0.3) is 0 Å². The molecule has 4 rings (SSSR count). The Morgan fingerprint density at radius 1 is 0.897 bits per heavy atom. The summed E-state index contributed by atoms with van der Waals surface area (Å²) < 4.78 is 5.38.